The summed E-state index contributed by atoms with van der Waals surface area (Å²) < 4.78 is 0. The Morgan fingerprint density at radius 3 is 0.480 bits per heavy atom. The summed E-state index contributed by atoms with van der Waals surface area (Å²) in [6.45, 7) is 0. The van der Waals surface area contributed by atoms with Gasteiger partial charge in [0.15, 0.2) is 52.4 Å². The third-order valence-electron chi connectivity index (χ3n) is 25.4. The van der Waals surface area contributed by atoms with Crippen molar-refractivity contribution in [3.8, 4) is 249 Å². The third kappa shape index (κ3) is 21.8. The van der Waals surface area contributed by atoms with Crippen molar-refractivity contribution in [2.75, 3.05) is 0 Å². The number of aromatic nitrogens is 18. The fourth-order valence-electron chi connectivity index (χ4n) is 17.6. The lowest BCUT2D eigenvalue weighted by Crippen LogP contribution is -2.00. The fourth-order valence-corrected chi connectivity index (χ4v) is 17.6. The molecule has 0 fully saturated rings. The van der Waals surface area contributed by atoms with Gasteiger partial charge in [0.2, 0.25) is 0 Å². The standard InChI is InChI=1S/C48H32N6.2C42H28N6/c1-5-13-33(14-6-1)35-21-23-36(24-22-35)41-29-44(42-27-25-39(31-49-42)34-15-7-2-8-16-34)51-45(30-41)43-28-26-40(32-50-43)48-53-46(37-17-9-3-10-18-37)52-47(54-48)38-19-11-4-12-20-38;1-4-13-29(14-5-1)32-19-12-20-33(25-32)35-26-38(36-21-10-11-24-43-36)45-39(27-35)37-23-22-34(28-44-37)42-47-40(30-15-6-2-7-16-30)46-41(48-42)31-17-8-3-9-18-31;1-4-12-29(13-5-1)30-19-21-31(22-20-30)35-26-38(36-18-10-11-25-43-36)45-39(27-35)37-24-23-34(28-44-37)42-47-40(32-14-6-2-7-15-32)46-41(48-42)33-16-8-3-9-17-33/h1-32H;2*1-28H. The highest BCUT2D eigenvalue weighted by molar-refractivity contribution is 5.84. The molecule has 0 unspecified atom stereocenters. The van der Waals surface area contributed by atoms with Crippen LogP contribution in [-0.4, -0.2) is 89.7 Å². The maximum atomic E-state index is 5.11. The molecule has 25 aromatic rings. The van der Waals surface area contributed by atoms with Crippen LogP contribution >= 0.6 is 0 Å². The van der Waals surface area contributed by atoms with Gasteiger partial charge in [-0.05, 0) is 182 Å². The van der Waals surface area contributed by atoms with Crippen LogP contribution in [0.1, 0.15) is 0 Å². The zero-order valence-corrected chi connectivity index (χ0v) is 80.9. The highest BCUT2D eigenvalue weighted by Crippen LogP contribution is 2.40. The van der Waals surface area contributed by atoms with Gasteiger partial charge in [0.1, 0.15) is 0 Å². The molecule has 0 saturated heterocycles. The molecule has 0 radical (unpaired) electrons. The monoisotopic (exact) mass is 1920 g/mol. The van der Waals surface area contributed by atoms with Crippen molar-refractivity contribution < 1.29 is 0 Å². The SMILES string of the molecule is c1ccc(-c2ccc(-c3cc(-c4ccc(-c5ccccc5)cn4)nc(-c4ccc(-c5nc(-c6ccccc6)nc(-c6ccccc6)n5)cn4)c3)cc2)cc1.c1ccc(-c2ccc(-c3cc(-c4ccccn4)nc(-c4ccc(-c5nc(-c6ccccc6)nc(-c6ccccc6)n5)cn4)c3)cc2)cc1.c1ccc(-c2cccc(-c3cc(-c4ccccn4)nc(-c4ccc(-c5nc(-c6ccccc6)nc(-c6ccccc6)n5)cn4)c3)c2)cc1. The Morgan fingerprint density at radius 2 is 0.253 bits per heavy atom. The van der Waals surface area contributed by atoms with Gasteiger partial charge in [-0.2, -0.15) is 0 Å². The Morgan fingerprint density at radius 1 is 0.0867 bits per heavy atom. The highest BCUT2D eigenvalue weighted by Gasteiger charge is 2.22. The van der Waals surface area contributed by atoms with Crippen LogP contribution < -0.4 is 0 Å². The van der Waals surface area contributed by atoms with Gasteiger partial charge in [-0.25, -0.2) is 59.8 Å². The van der Waals surface area contributed by atoms with Crippen LogP contribution in [0.15, 0.2) is 535 Å². The van der Waals surface area contributed by atoms with E-state index >= 15 is 0 Å². The van der Waals surface area contributed by atoms with E-state index in [-0.39, 0.29) is 0 Å². The van der Waals surface area contributed by atoms with Gasteiger partial charge in [0.25, 0.3) is 0 Å². The van der Waals surface area contributed by atoms with E-state index in [4.69, 9.17) is 79.7 Å². The zero-order valence-electron chi connectivity index (χ0n) is 80.9. The number of hydrogen-bond acceptors (Lipinski definition) is 18. The minimum atomic E-state index is 0.547. The normalized spacial score (nSPS) is 10.9. The Kier molecular flexibility index (Phi) is 27.3. The third-order valence-corrected chi connectivity index (χ3v) is 25.4. The first kappa shape index (κ1) is 92.9. The second kappa shape index (κ2) is 44.0. The molecule has 12 aromatic heterocycles. The minimum absolute atomic E-state index is 0.547. The Labute approximate surface area is 867 Å². The van der Waals surface area contributed by atoms with Gasteiger partial charge in [-0.1, -0.05) is 388 Å². The predicted octanol–water partition coefficient (Wildman–Crippen LogP) is 30.8. The van der Waals surface area contributed by atoms with Gasteiger partial charge >= 0.3 is 0 Å². The average Bonchev–Trinajstić information content (AvgIpc) is 0.800. The second-order valence-corrected chi connectivity index (χ2v) is 35.4. The smallest absolute Gasteiger partial charge is 0.165 e. The van der Waals surface area contributed by atoms with E-state index < -0.39 is 0 Å². The molecule has 150 heavy (non-hydrogen) atoms. The van der Waals surface area contributed by atoms with Gasteiger partial charge in [0.05, 0.1) is 68.3 Å². The maximum absolute atomic E-state index is 5.11. The van der Waals surface area contributed by atoms with Crippen LogP contribution in [0.25, 0.3) is 249 Å². The van der Waals surface area contributed by atoms with E-state index in [2.05, 4.69) is 210 Å². The minimum Gasteiger partial charge on any atom is -0.255 e. The van der Waals surface area contributed by atoms with E-state index in [0.29, 0.717) is 52.4 Å². The molecule has 12 heterocycles. The average molecular weight is 1930 g/mol. The molecule has 0 aliphatic carbocycles. The van der Waals surface area contributed by atoms with Crippen molar-refractivity contribution in [2.45, 2.75) is 0 Å². The summed E-state index contributed by atoms with van der Waals surface area (Å²) in [4.78, 5) is 87.5. The lowest BCUT2D eigenvalue weighted by atomic mass is 9.98. The van der Waals surface area contributed by atoms with Crippen LogP contribution in [0.3, 0.4) is 0 Å². The summed E-state index contributed by atoms with van der Waals surface area (Å²) in [6, 6.07) is 167. The molecule has 0 aliphatic rings. The molecule has 0 saturated carbocycles. The zero-order chi connectivity index (χ0) is 100. The molecule has 18 nitrogen and oxygen atoms in total. The van der Waals surface area contributed by atoms with Crippen molar-refractivity contribution in [3.63, 3.8) is 0 Å². The van der Waals surface area contributed by atoms with E-state index in [1.54, 1.807) is 24.8 Å². The van der Waals surface area contributed by atoms with Gasteiger partial charge in [-0.3, -0.25) is 29.9 Å². The number of nitrogens with zero attached hydrogens (tertiary/aromatic N) is 18. The van der Waals surface area contributed by atoms with E-state index in [0.717, 1.165) is 174 Å². The number of benzene rings is 13. The number of pyridine rings is 9. The van der Waals surface area contributed by atoms with Gasteiger partial charge in [-0.15, -0.1) is 0 Å². The molecule has 0 amide bonds. The molecule has 0 N–H and O–H groups in total. The van der Waals surface area contributed by atoms with Crippen LogP contribution in [0.4, 0.5) is 0 Å². The lowest BCUT2D eigenvalue weighted by molar-refractivity contribution is 1.07. The van der Waals surface area contributed by atoms with Crippen LogP contribution in [-0.2, 0) is 0 Å². The van der Waals surface area contributed by atoms with Gasteiger partial charge < -0.3 is 0 Å². The Balaban J connectivity index is 0.000000124. The lowest BCUT2D eigenvalue weighted by Gasteiger charge is -2.11. The predicted molar refractivity (Wildman–Crippen MR) is 599 cm³/mol. The van der Waals surface area contributed by atoms with Crippen LogP contribution in [0.2, 0.25) is 0 Å². The topological polar surface area (TPSA) is 232 Å². The Hall–Kier alpha value is -20.8. The van der Waals surface area contributed by atoms with Gasteiger partial charge in [0, 0.05) is 92.8 Å². The van der Waals surface area contributed by atoms with Crippen molar-refractivity contribution in [1.82, 2.24) is 89.7 Å². The summed E-state index contributed by atoms with van der Waals surface area (Å²) in [7, 11) is 0. The molecule has 13 aromatic carbocycles. The van der Waals surface area contributed by atoms with E-state index in [1.165, 1.54) is 22.3 Å². The summed E-state index contributed by atoms with van der Waals surface area (Å²) >= 11 is 0. The van der Waals surface area contributed by atoms with E-state index in [9.17, 15) is 0 Å². The van der Waals surface area contributed by atoms with Crippen LogP contribution in [0, 0.1) is 0 Å². The van der Waals surface area contributed by atoms with Crippen molar-refractivity contribution in [3.05, 3.63) is 535 Å². The molecule has 706 valence electrons. The first-order valence-electron chi connectivity index (χ1n) is 49.2. The highest BCUT2D eigenvalue weighted by atomic mass is 15.1. The summed E-state index contributed by atoms with van der Waals surface area (Å²) in [6.07, 6.45) is 10.9. The first-order chi connectivity index (χ1) is 74.3. The largest absolute Gasteiger partial charge is 0.255 e. The quantitative estimate of drug-likeness (QED) is 0.0613. The Bertz CT molecular complexity index is 8640. The molecular formula is C132H88N18. The van der Waals surface area contributed by atoms with Crippen molar-refractivity contribution >= 4 is 0 Å². The molecule has 18 heteroatoms. The summed E-state index contributed by atoms with van der Waals surface area (Å²) in [5.74, 6) is 5.29. The summed E-state index contributed by atoms with van der Waals surface area (Å²) in [5, 5.41) is 0. The second-order valence-electron chi connectivity index (χ2n) is 35.4. The summed E-state index contributed by atoms with van der Waals surface area (Å²) in [5.41, 5.74) is 32.5. The molecule has 0 spiro atoms. The first-order valence-corrected chi connectivity index (χ1v) is 49.2. The fraction of sp³-hybridized carbons (Fsp3) is 0. The molecular weight excluding hydrogens is 1840 g/mol. The molecule has 0 bridgehead atoms. The number of hydrogen-bond donors (Lipinski definition) is 0. The molecule has 25 rings (SSSR count). The van der Waals surface area contributed by atoms with Crippen molar-refractivity contribution in [2.24, 2.45) is 0 Å². The van der Waals surface area contributed by atoms with Crippen LogP contribution in [0.5, 0.6) is 0 Å². The molecule has 0 aliphatic heterocycles. The maximum Gasteiger partial charge on any atom is 0.165 e. The molecule has 0 atom stereocenters. The number of rotatable bonds is 22. The van der Waals surface area contributed by atoms with Crippen molar-refractivity contribution in [1.29, 1.82) is 0 Å². The van der Waals surface area contributed by atoms with E-state index in [1.807, 2.05) is 310 Å².